The maximum absolute atomic E-state index is 11.2. The molecular weight excluding hydrogens is 202 g/mol. The van der Waals surface area contributed by atoms with E-state index >= 15 is 0 Å². The molecule has 0 saturated carbocycles. The first-order valence-corrected chi connectivity index (χ1v) is 4.68. The van der Waals surface area contributed by atoms with Crippen LogP contribution in [0.4, 0.5) is 0 Å². The Hall–Kier alpha value is -1.17. The lowest BCUT2D eigenvalue weighted by atomic mass is 9.90. The highest BCUT2D eigenvalue weighted by molar-refractivity contribution is 5.79. The van der Waals surface area contributed by atoms with E-state index in [1.807, 2.05) is 20.8 Å². The summed E-state index contributed by atoms with van der Waals surface area (Å²) in [5.74, 6) is -0.0723. The molecule has 0 aliphatic heterocycles. The molecule has 0 atom stereocenters. The Balaban J connectivity index is 3.46. The Morgan fingerprint density at radius 1 is 1.40 bits per heavy atom. The van der Waals surface area contributed by atoms with Gasteiger partial charge in [0.2, 0.25) is 0 Å². The maximum Gasteiger partial charge on any atom is 0.296 e. The standard InChI is InChI=1S/C9H17NO5/c1-9(2,3)5-4-8(11)6-14-7-15-10(12)13/h4-7H2,1-3H3. The van der Waals surface area contributed by atoms with Gasteiger partial charge in [0.1, 0.15) is 6.61 Å². The van der Waals surface area contributed by atoms with Crippen molar-refractivity contribution in [2.24, 2.45) is 5.41 Å². The predicted octanol–water partition coefficient (Wildman–Crippen LogP) is 1.56. The average Bonchev–Trinajstić information content (AvgIpc) is 2.07. The molecule has 6 nitrogen and oxygen atoms in total. The van der Waals surface area contributed by atoms with Crippen molar-refractivity contribution >= 4 is 5.78 Å². The summed E-state index contributed by atoms with van der Waals surface area (Å²) < 4.78 is 4.66. The normalized spacial score (nSPS) is 11.1. The highest BCUT2D eigenvalue weighted by atomic mass is 17.0. The van der Waals surface area contributed by atoms with Gasteiger partial charge in [0.05, 0.1) is 0 Å². The summed E-state index contributed by atoms with van der Waals surface area (Å²) in [6.07, 6.45) is 1.19. The number of carbonyl (C=O) groups excluding carboxylic acids is 1. The Morgan fingerprint density at radius 3 is 2.47 bits per heavy atom. The fourth-order valence-corrected chi connectivity index (χ4v) is 0.822. The molecule has 0 bridgehead atoms. The summed E-state index contributed by atoms with van der Waals surface area (Å²) in [6, 6.07) is 0. The number of carbonyl (C=O) groups is 1. The minimum atomic E-state index is -0.959. The molecule has 0 fully saturated rings. The first-order chi connectivity index (χ1) is 6.81. The number of ether oxygens (including phenoxy) is 1. The van der Waals surface area contributed by atoms with Gasteiger partial charge in [-0.05, 0) is 11.8 Å². The number of hydrogen-bond acceptors (Lipinski definition) is 5. The number of rotatable bonds is 7. The quantitative estimate of drug-likeness (QED) is 0.281. The molecule has 0 heterocycles. The average molecular weight is 219 g/mol. The number of ketones is 1. The Kier molecular flexibility index (Phi) is 5.84. The number of nitrogens with zero attached hydrogens (tertiary/aromatic N) is 1. The first-order valence-electron chi connectivity index (χ1n) is 4.68. The van der Waals surface area contributed by atoms with Crippen LogP contribution in [-0.4, -0.2) is 24.3 Å². The molecule has 0 rings (SSSR count). The van der Waals surface area contributed by atoms with Crippen LogP contribution in [0.5, 0.6) is 0 Å². The molecule has 0 aliphatic rings. The van der Waals surface area contributed by atoms with Gasteiger partial charge in [0, 0.05) is 6.42 Å². The van der Waals surface area contributed by atoms with Gasteiger partial charge in [-0.1, -0.05) is 20.8 Å². The molecule has 0 radical (unpaired) electrons. The molecule has 6 heteroatoms. The molecule has 0 saturated heterocycles. The van der Waals surface area contributed by atoms with Crippen molar-refractivity contribution in [2.75, 3.05) is 13.4 Å². The van der Waals surface area contributed by atoms with Crippen LogP contribution in [0.1, 0.15) is 33.6 Å². The van der Waals surface area contributed by atoms with Crippen molar-refractivity contribution in [3.05, 3.63) is 10.1 Å². The third-order valence-corrected chi connectivity index (χ3v) is 1.66. The molecule has 0 aromatic carbocycles. The maximum atomic E-state index is 11.2. The third-order valence-electron chi connectivity index (χ3n) is 1.66. The van der Waals surface area contributed by atoms with E-state index in [2.05, 4.69) is 9.57 Å². The van der Waals surface area contributed by atoms with E-state index in [0.29, 0.717) is 6.42 Å². The Labute approximate surface area is 88.7 Å². The summed E-state index contributed by atoms with van der Waals surface area (Å²) in [6.45, 7) is 5.49. The van der Waals surface area contributed by atoms with Gasteiger partial charge in [0.25, 0.3) is 5.09 Å². The number of hydrogen-bond donors (Lipinski definition) is 0. The first kappa shape index (κ1) is 13.8. The molecular formula is C9H17NO5. The second-order valence-corrected chi connectivity index (χ2v) is 4.42. The molecule has 0 unspecified atom stereocenters. The lowest BCUT2D eigenvalue weighted by Crippen LogP contribution is -2.15. The van der Waals surface area contributed by atoms with E-state index in [0.717, 1.165) is 6.42 Å². The van der Waals surface area contributed by atoms with Crippen LogP contribution in [0.25, 0.3) is 0 Å². The van der Waals surface area contributed by atoms with Crippen LogP contribution in [0.15, 0.2) is 0 Å². The van der Waals surface area contributed by atoms with Crippen molar-refractivity contribution in [2.45, 2.75) is 33.6 Å². The summed E-state index contributed by atoms with van der Waals surface area (Å²) in [4.78, 5) is 24.8. The van der Waals surface area contributed by atoms with Gasteiger partial charge >= 0.3 is 0 Å². The largest absolute Gasteiger partial charge is 0.347 e. The zero-order valence-corrected chi connectivity index (χ0v) is 9.32. The molecule has 0 amide bonds. The summed E-state index contributed by atoms with van der Waals surface area (Å²) >= 11 is 0. The molecule has 0 aromatic rings. The Bertz CT molecular complexity index is 221. The molecule has 0 N–H and O–H groups in total. The van der Waals surface area contributed by atoms with E-state index in [4.69, 9.17) is 0 Å². The summed E-state index contributed by atoms with van der Waals surface area (Å²) in [5, 5.41) is 8.76. The lowest BCUT2D eigenvalue weighted by Gasteiger charge is -2.16. The monoisotopic (exact) mass is 219 g/mol. The van der Waals surface area contributed by atoms with Gasteiger partial charge < -0.3 is 4.74 Å². The minimum Gasteiger partial charge on any atom is -0.347 e. The van der Waals surface area contributed by atoms with E-state index in [1.165, 1.54) is 0 Å². The van der Waals surface area contributed by atoms with Crippen LogP contribution in [-0.2, 0) is 14.4 Å². The van der Waals surface area contributed by atoms with Gasteiger partial charge in [-0.2, -0.15) is 0 Å². The van der Waals surface area contributed by atoms with E-state index in [9.17, 15) is 14.9 Å². The van der Waals surface area contributed by atoms with Gasteiger partial charge in [0.15, 0.2) is 12.6 Å². The van der Waals surface area contributed by atoms with Crippen LogP contribution in [0, 0.1) is 15.5 Å². The van der Waals surface area contributed by atoms with E-state index in [-0.39, 0.29) is 17.8 Å². The number of Topliss-reactive ketones (excluding diaryl/α,β-unsaturated/α-hetero) is 1. The second kappa shape index (κ2) is 6.34. The summed E-state index contributed by atoms with van der Waals surface area (Å²) in [5.41, 5.74) is 0.104. The smallest absolute Gasteiger partial charge is 0.296 e. The van der Waals surface area contributed by atoms with Crippen molar-refractivity contribution in [1.82, 2.24) is 0 Å². The van der Waals surface area contributed by atoms with Crippen molar-refractivity contribution in [3.63, 3.8) is 0 Å². The van der Waals surface area contributed by atoms with Crippen molar-refractivity contribution in [3.8, 4) is 0 Å². The molecule has 15 heavy (non-hydrogen) atoms. The molecule has 88 valence electrons. The molecule has 0 aromatic heterocycles. The van der Waals surface area contributed by atoms with Gasteiger partial charge in [-0.3, -0.25) is 9.63 Å². The predicted molar refractivity (Wildman–Crippen MR) is 52.6 cm³/mol. The highest BCUT2D eigenvalue weighted by Gasteiger charge is 2.12. The molecule has 0 aliphatic carbocycles. The van der Waals surface area contributed by atoms with Crippen LogP contribution < -0.4 is 0 Å². The molecule has 0 spiro atoms. The second-order valence-electron chi connectivity index (χ2n) is 4.42. The fourth-order valence-electron chi connectivity index (χ4n) is 0.822. The zero-order chi connectivity index (χ0) is 11.9. The topological polar surface area (TPSA) is 78.7 Å². The van der Waals surface area contributed by atoms with Gasteiger partial charge in [-0.25, -0.2) is 0 Å². The lowest BCUT2D eigenvalue weighted by molar-refractivity contribution is -0.767. The fraction of sp³-hybridized carbons (Fsp3) is 0.889. The summed E-state index contributed by atoms with van der Waals surface area (Å²) in [7, 11) is 0. The van der Waals surface area contributed by atoms with Crippen LogP contribution in [0.3, 0.4) is 0 Å². The van der Waals surface area contributed by atoms with Gasteiger partial charge in [-0.15, -0.1) is 10.1 Å². The van der Waals surface area contributed by atoms with Crippen molar-refractivity contribution < 1.29 is 19.5 Å². The highest BCUT2D eigenvalue weighted by Crippen LogP contribution is 2.20. The SMILES string of the molecule is CC(C)(C)CCC(=O)COCO[N+](=O)[O-]. The van der Waals surface area contributed by atoms with E-state index in [1.54, 1.807) is 0 Å². The Morgan fingerprint density at radius 2 is 2.00 bits per heavy atom. The van der Waals surface area contributed by atoms with E-state index < -0.39 is 11.9 Å². The van der Waals surface area contributed by atoms with Crippen molar-refractivity contribution in [1.29, 1.82) is 0 Å². The minimum absolute atomic E-state index is 0.0723. The van der Waals surface area contributed by atoms with Crippen LogP contribution >= 0.6 is 0 Å². The third kappa shape index (κ3) is 10.8. The zero-order valence-electron chi connectivity index (χ0n) is 9.32. The van der Waals surface area contributed by atoms with Crippen LogP contribution in [0.2, 0.25) is 0 Å².